The van der Waals surface area contributed by atoms with E-state index < -0.39 is 11.7 Å². The van der Waals surface area contributed by atoms with Gasteiger partial charge in [-0.3, -0.25) is 9.48 Å². The monoisotopic (exact) mass is 557 g/mol. The van der Waals surface area contributed by atoms with Crippen molar-refractivity contribution >= 4 is 38.9 Å². The maximum Gasteiger partial charge on any atom is 0.163 e. The van der Waals surface area contributed by atoms with E-state index in [0.29, 0.717) is 5.02 Å². The summed E-state index contributed by atoms with van der Waals surface area (Å²) in [5.41, 5.74) is 8.59. The lowest BCUT2D eigenvalue weighted by Crippen LogP contribution is -2.27. The van der Waals surface area contributed by atoms with Crippen LogP contribution in [0.1, 0.15) is 50.6 Å². The molecule has 0 N–H and O–H groups in total. The molecule has 0 aliphatic carbocycles. The van der Waals surface area contributed by atoms with E-state index in [0.717, 1.165) is 59.9 Å². The molecule has 2 aromatic heterocycles. The molecule has 0 unspecified atom stereocenters. The molecule has 0 radical (unpaired) electrons. The fraction of sp³-hybridized carbons (Fsp3) is 0.281. The van der Waals surface area contributed by atoms with Crippen molar-refractivity contribution in [3.05, 3.63) is 82.6 Å². The summed E-state index contributed by atoms with van der Waals surface area (Å²) < 4.78 is 9.26. The quantitative estimate of drug-likeness (QED) is 0.209. The number of nitrogens with zero attached hydrogens (tertiary/aromatic N) is 3. The second kappa shape index (κ2) is 10.3. The third-order valence-corrected chi connectivity index (χ3v) is 8.23. The molecule has 1 atom stereocenters. The molecule has 0 amide bonds. The average molecular weight is 558 g/mol. The molecule has 5 aromatic rings. The van der Waals surface area contributed by atoms with Gasteiger partial charge in [-0.25, -0.2) is 4.98 Å². The van der Waals surface area contributed by atoms with Crippen LogP contribution in [0.25, 0.3) is 43.0 Å². The number of aryl methyl sites for hydroxylation is 2. The summed E-state index contributed by atoms with van der Waals surface area (Å²) in [6.07, 6.45) is 1.20. The van der Waals surface area contributed by atoms with Gasteiger partial charge in [-0.15, -0.1) is 11.3 Å². The SMILES string of the molecule is CC(=O)[C@@H](OC(C)(C)C)c1c(C)cc2nc(-c3ccc(-c4cnn(C)c4C)cc3)sc2c1-c1ccc(Cl)cc1. The number of hydrogen-bond donors (Lipinski definition) is 0. The Hall–Kier alpha value is -3.32. The molecule has 0 spiro atoms. The molecule has 39 heavy (non-hydrogen) atoms. The Kier molecular flexibility index (Phi) is 7.23. The lowest BCUT2D eigenvalue weighted by atomic mass is 9.90. The van der Waals surface area contributed by atoms with Crippen LogP contribution in [0.15, 0.2) is 60.8 Å². The van der Waals surface area contributed by atoms with E-state index >= 15 is 0 Å². The third kappa shape index (κ3) is 5.42. The van der Waals surface area contributed by atoms with Gasteiger partial charge < -0.3 is 4.74 Å². The maximum absolute atomic E-state index is 13.0. The topological polar surface area (TPSA) is 57.0 Å². The zero-order valence-electron chi connectivity index (χ0n) is 23.3. The molecule has 0 fully saturated rings. The van der Waals surface area contributed by atoms with Crippen LogP contribution in [-0.2, 0) is 16.6 Å². The highest BCUT2D eigenvalue weighted by molar-refractivity contribution is 7.22. The zero-order chi connectivity index (χ0) is 28.1. The molecule has 0 bridgehead atoms. The van der Waals surface area contributed by atoms with E-state index in [1.807, 2.05) is 69.9 Å². The fourth-order valence-electron chi connectivity index (χ4n) is 4.85. The highest BCUT2D eigenvalue weighted by atomic mass is 35.5. The highest BCUT2D eigenvalue weighted by Gasteiger charge is 2.30. The van der Waals surface area contributed by atoms with Crippen LogP contribution in [0.3, 0.4) is 0 Å². The summed E-state index contributed by atoms with van der Waals surface area (Å²) in [6.45, 7) is 11.6. The van der Waals surface area contributed by atoms with Gasteiger partial charge in [-0.2, -0.15) is 5.10 Å². The first-order valence-electron chi connectivity index (χ1n) is 12.9. The van der Waals surface area contributed by atoms with E-state index in [1.165, 1.54) is 0 Å². The van der Waals surface area contributed by atoms with Gasteiger partial charge >= 0.3 is 0 Å². The lowest BCUT2D eigenvalue weighted by molar-refractivity contribution is -0.138. The number of Topliss-reactive ketones (excluding diaryl/α,β-unsaturated/α-hetero) is 1. The summed E-state index contributed by atoms with van der Waals surface area (Å²) in [6, 6.07) is 18.3. The second-order valence-corrected chi connectivity index (χ2v) is 12.4. The summed E-state index contributed by atoms with van der Waals surface area (Å²) in [4.78, 5) is 18.0. The molecule has 3 aromatic carbocycles. The first kappa shape index (κ1) is 27.3. The van der Waals surface area contributed by atoms with Crippen molar-refractivity contribution in [3.63, 3.8) is 0 Å². The summed E-state index contributed by atoms with van der Waals surface area (Å²) in [5, 5.41) is 5.95. The number of carbonyl (C=O) groups is 1. The fourth-order valence-corrected chi connectivity index (χ4v) is 6.11. The Morgan fingerprint density at radius 3 is 2.18 bits per heavy atom. The van der Waals surface area contributed by atoms with E-state index in [1.54, 1.807) is 18.3 Å². The molecule has 0 saturated carbocycles. The van der Waals surface area contributed by atoms with Crippen molar-refractivity contribution in [3.8, 4) is 32.8 Å². The maximum atomic E-state index is 13.0. The predicted molar refractivity (Wildman–Crippen MR) is 161 cm³/mol. The molecule has 200 valence electrons. The number of aromatic nitrogens is 3. The van der Waals surface area contributed by atoms with E-state index in [9.17, 15) is 4.79 Å². The Labute approximate surface area is 238 Å². The van der Waals surface area contributed by atoms with Gasteiger partial charge in [0.05, 0.1) is 22.0 Å². The van der Waals surface area contributed by atoms with Crippen molar-refractivity contribution in [2.45, 2.75) is 53.2 Å². The Morgan fingerprint density at radius 1 is 1.00 bits per heavy atom. The first-order chi connectivity index (χ1) is 18.4. The van der Waals surface area contributed by atoms with Crippen LogP contribution in [0.4, 0.5) is 0 Å². The molecule has 0 aliphatic heterocycles. The average Bonchev–Trinajstić information content (AvgIpc) is 3.45. The smallest absolute Gasteiger partial charge is 0.163 e. The van der Waals surface area contributed by atoms with Crippen LogP contribution in [0.5, 0.6) is 0 Å². The summed E-state index contributed by atoms with van der Waals surface area (Å²) >= 11 is 7.87. The van der Waals surface area contributed by atoms with Crippen LogP contribution in [0, 0.1) is 13.8 Å². The van der Waals surface area contributed by atoms with Crippen LogP contribution in [-0.4, -0.2) is 26.1 Å². The minimum atomic E-state index is -0.701. The summed E-state index contributed by atoms with van der Waals surface area (Å²) in [7, 11) is 1.95. The van der Waals surface area contributed by atoms with Crippen molar-refractivity contribution in [1.29, 1.82) is 0 Å². The highest BCUT2D eigenvalue weighted by Crippen LogP contribution is 2.44. The minimum absolute atomic E-state index is 0.0337. The van der Waals surface area contributed by atoms with Gasteiger partial charge in [0.1, 0.15) is 11.1 Å². The van der Waals surface area contributed by atoms with E-state index in [4.69, 9.17) is 21.3 Å². The van der Waals surface area contributed by atoms with Crippen LogP contribution < -0.4 is 0 Å². The molecule has 5 nitrogen and oxygen atoms in total. The van der Waals surface area contributed by atoms with Crippen LogP contribution in [0.2, 0.25) is 5.02 Å². The molecule has 7 heteroatoms. The Morgan fingerprint density at radius 2 is 1.62 bits per heavy atom. The van der Waals surface area contributed by atoms with Crippen molar-refractivity contribution < 1.29 is 9.53 Å². The van der Waals surface area contributed by atoms with Crippen LogP contribution >= 0.6 is 22.9 Å². The number of ketones is 1. The number of rotatable bonds is 6. The van der Waals surface area contributed by atoms with Gasteiger partial charge in [-0.05, 0) is 76.4 Å². The number of halogens is 1. The number of hydrogen-bond acceptors (Lipinski definition) is 5. The number of thiazole rings is 1. The van der Waals surface area contributed by atoms with Gasteiger partial charge in [0, 0.05) is 40.0 Å². The van der Waals surface area contributed by atoms with E-state index in [-0.39, 0.29) is 5.78 Å². The minimum Gasteiger partial charge on any atom is -0.360 e. The lowest BCUT2D eigenvalue weighted by Gasteiger charge is -2.29. The number of fused-ring (bicyclic) bond motifs is 1. The molecule has 2 heterocycles. The Balaban J connectivity index is 1.69. The van der Waals surface area contributed by atoms with Crippen molar-refractivity contribution in [1.82, 2.24) is 14.8 Å². The molecular formula is C32H32ClN3O2S. The molecule has 5 rings (SSSR count). The Bertz CT molecular complexity index is 1680. The zero-order valence-corrected chi connectivity index (χ0v) is 24.9. The van der Waals surface area contributed by atoms with Crippen molar-refractivity contribution in [2.75, 3.05) is 0 Å². The van der Waals surface area contributed by atoms with Gasteiger partial charge in [0.2, 0.25) is 0 Å². The van der Waals surface area contributed by atoms with Gasteiger partial charge in [0.15, 0.2) is 5.78 Å². The summed E-state index contributed by atoms with van der Waals surface area (Å²) in [5.74, 6) is -0.0337. The van der Waals surface area contributed by atoms with Crippen molar-refractivity contribution in [2.24, 2.45) is 7.05 Å². The third-order valence-electron chi connectivity index (χ3n) is 6.84. The number of ether oxygens (including phenoxy) is 1. The standard InChI is InChI=1S/C32H32ClN3O2S/c1-18-16-26-30(39-31(35-26)23-10-8-21(9-11-23)25-17-34-36(7)19(25)2)28(22-12-14-24(33)15-13-22)27(18)29(20(3)37)38-32(4,5)6/h8-17,29H,1-7H3/t29-/m1/s1. The largest absolute Gasteiger partial charge is 0.360 e. The number of benzene rings is 3. The normalized spacial score (nSPS) is 12.7. The second-order valence-electron chi connectivity index (χ2n) is 10.9. The number of carbonyl (C=O) groups excluding carboxylic acids is 1. The van der Waals surface area contributed by atoms with Gasteiger partial charge in [0.25, 0.3) is 0 Å². The molecule has 0 aliphatic rings. The first-order valence-corrected chi connectivity index (χ1v) is 14.1. The molecular weight excluding hydrogens is 526 g/mol. The molecule has 0 saturated heterocycles. The predicted octanol–water partition coefficient (Wildman–Crippen LogP) is 8.75. The van der Waals surface area contributed by atoms with Gasteiger partial charge in [-0.1, -0.05) is 48.0 Å². The van der Waals surface area contributed by atoms with E-state index in [2.05, 4.69) is 42.4 Å².